The van der Waals surface area contributed by atoms with Crippen LogP contribution in [0.4, 0.5) is 0 Å². The highest BCUT2D eigenvalue weighted by Crippen LogP contribution is 2.13. The monoisotopic (exact) mass is 275 g/mol. The lowest BCUT2D eigenvalue weighted by Gasteiger charge is -2.24. The number of carbonyl (C=O) groups excluding carboxylic acids is 1. The molecule has 0 amide bonds. The molecular weight excluding hydrogens is 246 g/mol. The summed E-state index contributed by atoms with van der Waals surface area (Å²) >= 11 is 0. The number of hydrogen-bond acceptors (Lipinski definition) is 2. The van der Waals surface area contributed by atoms with E-state index in [4.69, 9.17) is 0 Å². The van der Waals surface area contributed by atoms with E-state index in [0.29, 0.717) is 12.5 Å². The molecule has 20 heavy (non-hydrogen) atoms. The van der Waals surface area contributed by atoms with Crippen molar-refractivity contribution in [2.24, 2.45) is 5.92 Å². The molecule has 0 saturated heterocycles. The van der Waals surface area contributed by atoms with E-state index in [1.165, 1.54) is 24.0 Å². The van der Waals surface area contributed by atoms with Gasteiger partial charge in [0.05, 0.1) is 6.54 Å². The van der Waals surface area contributed by atoms with Crippen LogP contribution >= 0.6 is 0 Å². The van der Waals surface area contributed by atoms with Crippen LogP contribution in [0, 0.1) is 19.8 Å². The van der Waals surface area contributed by atoms with Gasteiger partial charge in [-0.05, 0) is 43.5 Å². The van der Waals surface area contributed by atoms with Gasteiger partial charge in [-0.1, -0.05) is 45.7 Å². The van der Waals surface area contributed by atoms with Crippen LogP contribution in [0.3, 0.4) is 0 Å². The molecule has 0 aliphatic rings. The smallest absolute Gasteiger partial charge is 0.176 e. The average molecular weight is 275 g/mol. The molecule has 0 fully saturated rings. The van der Waals surface area contributed by atoms with Crippen LogP contribution < -0.4 is 0 Å². The van der Waals surface area contributed by atoms with Crippen LogP contribution in [0.25, 0.3) is 0 Å². The Morgan fingerprint density at radius 3 is 2.25 bits per heavy atom. The quantitative estimate of drug-likeness (QED) is 0.661. The van der Waals surface area contributed by atoms with Crippen molar-refractivity contribution in [2.75, 3.05) is 19.6 Å². The molecule has 1 rings (SSSR count). The van der Waals surface area contributed by atoms with Gasteiger partial charge in [-0.3, -0.25) is 9.69 Å². The average Bonchev–Trinajstić information content (AvgIpc) is 2.46. The molecule has 2 nitrogen and oxygen atoms in total. The van der Waals surface area contributed by atoms with Gasteiger partial charge in [0.1, 0.15) is 0 Å². The zero-order chi connectivity index (χ0) is 15.1. The van der Waals surface area contributed by atoms with E-state index < -0.39 is 0 Å². The second-order valence-corrected chi connectivity index (χ2v) is 5.73. The van der Waals surface area contributed by atoms with Crippen molar-refractivity contribution >= 4 is 5.78 Å². The topological polar surface area (TPSA) is 20.3 Å². The van der Waals surface area contributed by atoms with Crippen molar-refractivity contribution in [2.45, 2.75) is 47.5 Å². The Bertz CT molecular complexity index is 435. The van der Waals surface area contributed by atoms with Crippen LogP contribution in [0.1, 0.15) is 55.1 Å². The summed E-state index contributed by atoms with van der Waals surface area (Å²) in [6.07, 6.45) is 2.37. The first kappa shape index (κ1) is 16.9. The first-order valence-electron chi connectivity index (χ1n) is 7.84. The van der Waals surface area contributed by atoms with Crippen LogP contribution in [0.5, 0.6) is 0 Å². The summed E-state index contributed by atoms with van der Waals surface area (Å²) in [5.41, 5.74) is 3.28. The third-order valence-corrected chi connectivity index (χ3v) is 4.31. The number of ketones is 1. The lowest BCUT2D eigenvalue weighted by molar-refractivity contribution is 0.0920. The number of rotatable bonds is 8. The van der Waals surface area contributed by atoms with Crippen LogP contribution in [-0.4, -0.2) is 30.3 Å². The summed E-state index contributed by atoms with van der Waals surface area (Å²) in [7, 11) is 0. The molecule has 0 atom stereocenters. The Kier molecular flexibility index (Phi) is 6.94. The van der Waals surface area contributed by atoms with Crippen molar-refractivity contribution < 1.29 is 4.79 Å². The predicted octanol–water partition coefficient (Wildman–Crippen LogP) is 4.24. The zero-order valence-electron chi connectivity index (χ0n) is 13.7. The van der Waals surface area contributed by atoms with Gasteiger partial charge < -0.3 is 0 Å². The number of Topliss-reactive ketones (excluding diaryl/α,β-unsaturated/α-hetero) is 1. The summed E-state index contributed by atoms with van der Waals surface area (Å²) in [6.45, 7) is 13.2. The van der Waals surface area contributed by atoms with Crippen LogP contribution in [0.2, 0.25) is 0 Å². The van der Waals surface area contributed by atoms with E-state index in [9.17, 15) is 4.79 Å². The van der Waals surface area contributed by atoms with Gasteiger partial charge in [0.25, 0.3) is 0 Å². The van der Waals surface area contributed by atoms with Gasteiger partial charge in [-0.15, -0.1) is 0 Å². The molecule has 2 heteroatoms. The Morgan fingerprint density at radius 1 is 1.10 bits per heavy atom. The van der Waals surface area contributed by atoms with Crippen molar-refractivity contribution in [3.8, 4) is 0 Å². The maximum atomic E-state index is 12.4. The van der Waals surface area contributed by atoms with Gasteiger partial charge in [0.15, 0.2) is 5.78 Å². The third-order valence-electron chi connectivity index (χ3n) is 4.31. The van der Waals surface area contributed by atoms with E-state index in [-0.39, 0.29) is 5.78 Å². The van der Waals surface area contributed by atoms with Crippen LogP contribution in [0.15, 0.2) is 18.2 Å². The standard InChI is InChI=1S/C18H29NO/c1-6-16(7-2)12-19(8-3)13-18(20)17-10-9-14(4)15(5)11-17/h9-11,16H,6-8,12-13H2,1-5H3. The number of benzene rings is 1. The van der Waals surface area contributed by atoms with E-state index in [1.807, 2.05) is 18.2 Å². The minimum absolute atomic E-state index is 0.237. The van der Waals surface area contributed by atoms with Gasteiger partial charge in [-0.25, -0.2) is 0 Å². The molecule has 1 aromatic rings. The second-order valence-electron chi connectivity index (χ2n) is 5.73. The zero-order valence-corrected chi connectivity index (χ0v) is 13.7. The second kappa shape index (κ2) is 8.21. The minimum atomic E-state index is 0.237. The predicted molar refractivity (Wildman–Crippen MR) is 86.4 cm³/mol. The highest BCUT2D eigenvalue weighted by Gasteiger charge is 2.15. The van der Waals surface area contributed by atoms with Gasteiger partial charge in [-0.2, -0.15) is 0 Å². The highest BCUT2D eigenvalue weighted by molar-refractivity contribution is 5.97. The first-order chi connectivity index (χ1) is 9.51. The van der Waals surface area contributed by atoms with Crippen molar-refractivity contribution in [1.82, 2.24) is 4.90 Å². The molecule has 0 radical (unpaired) electrons. The summed E-state index contributed by atoms with van der Waals surface area (Å²) in [5, 5.41) is 0. The van der Waals surface area contributed by atoms with E-state index in [0.717, 1.165) is 18.7 Å². The van der Waals surface area contributed by atoms with Gasteiger partial charge in [0, 0.05) is 12.1 Å². The molecule has 0 N–H and O–H groups in total. The summed E-state index contributed by atoms with van der Waals surface area (Å²) < 4.78 is 0. The number of hydrogen-bond donors (Lipinski definition) is 0. The molecule has 0 aliphatic carbocycles. The Morgan fingerprint density at radius 2 is 1.75 bits per heavy atom. The van der Waals surface area contributed by atoms with E-state index in [1.54, 1.807) is 0 Å². The molecule has 1 aromatic carbocycles. The largest absolute Gasteiger partial charge is 0.296 e. The Balaban J connectivity index is 2.69. The SMILES string of the molecule is CCC(CC)CN(CC)CC(=O)c1ccc(C)c(C)c1. The molecule has 0 aromatic heterocycles. The normalized spacial score (nSPS) is 11.3. The molecule has 0 spiro atoms. The molecule has 0 unspecified atom stereocenters. The highest BCUT2D eigenvalue weighted by atomic mass is 16.1. The van der Waals surface area contributed by atoms with Gasteiger partial charge in [0.2, 0.25) is 0 Å². The minimum Gasteiger partial charge on any atom is -0.296 e. The summed E-state index contributed by atoms with van der Waals surface area (Å²) in [4.78, 5) is 14.7. The van der Waals surface area contributed by atoms with Crippen LogP contribution in [-0.2, 0) is 0 Å². The third kappa shape index (κ3) is 4.75. The Labute approximate surface area is 124 Å². The lowest BCUT2D eigenvalue weighted by Crippen LogP contribution is -2.34. The van der Waals surface area contributed by atoms with Gasteiger partial charge >= 0.3 is 0 Å². The van der Waals surface area contributed by atoms with Crippen molar-refractivity contribution in [3.63, 3.8) is 0 Å². The number of likely N-dealkylation sites (N-methyl/N-ethyl adjacent to an activating group) is 1. The number of aryl methyl sites for hydroxylation is 2. The first-order valence-corrected chi connectivity index (χ1v) is 7.84. The van der Waals surface area contributed by atoms with E-state index in [2.05, 4.69) is 39.5 Å². The van der Waals surface area contributed by atoms with Crippen molar-refractivity contribution in [3.05, 3.63) is 34.9 Å². The van der Waals surface area contributed by atoms with Crippen molar-refractivity contribution in [1.29, 1.82) is 0 Å². The fraction of sp³-hybridized carbons (Fsp3) is 0.611. The molecule has 0 heterocycles. The maximum absolute atomic E-state index is 12.4. The Hall–Kier alpha value is -1.15. The lowest BCUT2D eigenvalue weighted by atomic mass is 10.0. The molecular formula is C18H29NO. The number of carbonyl (C=O) groups is 1. The molecule has 0 aliphatic heterocycles. The van der Waals surface area contributed by atoms with E-state index >= 15 is 0 Å². The molecule has 0 bridgehead atoms. The fourth-order valence-electron chi connectivity index (χ4n) is 2.43. The molecule has 112 valence electrons. The molecule has 0 saturated carbocycles. The summed E-state index contributed by atoms with van der Waals surface area (Å²) in [5.74, 6) is 0.934. The maximum Gasteiger partial charge on any atom is 0.176 e. The number of nitrogens with zero attached hydrogens (tertiary/aromatic N) is 1. The fourth-order valence-corrected chi connectivity index (χ4v) is 2.43. The summed E-state index contributed by atoms with van der Waals surface area (Å²) in [6, 6.07) is 6.01.